The topological polar surface area (TPSA) is 174 Å². The number of aliphatic hydroxyl groups is 5. The summed E-state index contributed by atoms with van der Waals surface area (Å²) in [6, 6.07) is 4.18. The monoisotopic (exact) mass is 396 g/mol. The molecule has 27 heavy (non-hydrogen) atoms. The van der Waals surface area contributed by atoms with Gasteiger partial charge < -0.3 is 41.5 Å². The van der Waals surface area contributed by atoms with Gasteiger partial charge in [-0.1, -0.05) is 6.07 Å². The summed E-state index contributed by atoms with van der Waals surface area (Å²) < 4.78 is 9.18. The van der Waals surface area contributed by atoms with E-state index >= 15 is 0 Å². The molecule has 0 spiro atoms. The number of carbonyl (C=O) groups is 2. The zero-order chi connectivity index (χ0) is 19.9. The number of rotatable bonds is 8. The molecule has 0 aliphatic heterocycles. The number of esters is 2. The van der Waals surface area contributed by atoms with Gasteiger partial charge in [-0.25, -0.2) is 9.59 Å². The third kappa shape index (κ3) is 7.56. The molecule has 1 aromatic rings. The molecule has 1 aromatic carbocycles. The number of ether oxygens (including phenoxy) is 2. The van der Waals surface area contributed by atoms with E-state index in [4.69, 9.17) is 14.9 Å². The molecule has 0 aromatic heterocycles. The van der Waals surface area contributed by atoms with Crippen LogP contribution in [0.4, 0.5) is 0 Å². The average molecular weight is 396 g/mol. The van der Waals surface area contributed by atoms with E-state index in [1.165, 1.54) is 31.4 Å². The Morgan fingerprint density at radius 2 is 1.81 bits per heavy atom. The van der Waals surface area contributed by atoms with Gasteiger partial charge in [0, 0.05) is 6.08 Å². The Morgan fingerprint density at radius 1 is 1.19 bits per heavy atom. The van der Waals surface area contributed by atoms with Crippen molar-refractivity contribution < 1.29 is 80.7 Å². The fraction of sp³-hybridized carbons (Fsp3) is 0.375. The van der Waals surface area contributed by atoms with Crippen LogP contribution in [0.1, 0.15) is 6.99 Å². The van der Waals surface area contributed by atoms with Crippen LogP contribution in [-0.2, 0) is 14.3 Å². The molecule has 6 N–H and O–H groups in total. The van der Waals surface area contributed by atoms with E-state index in [1.54, 1.807) is 0 Å². The van der Waals surface area contributed by atoms with E-state index in [-0.39, 0.29) is 42.5 Å². The van der Waals surface area contributed by atoms with Crippen LogP contribution in [-0.4, -0.2) is 80.7 Å². The van der Waals surface area contributed by atoms with Crippen molar-refractivity contribution in [1.29, 1.82) is 0 Å². The van der Waals surface area contributed by atoms with Gasteiger partial charge in [0.25, 0.3) is 0 Å². The average Bonchev–Trinajstić information content (AvgIpc) is 2.64. The maximum absolute atomic E-state index is 11.6. The number of methoxy groups -OCH3 is 1. The van der Waals surface area contributed by atoms with E-state index in [0.717, 1.165) is 6.08 Å². The molecule has 0 saturated heterocycles. The Hall–Kier alpha value is -1.50. The van der Waals surface area contributed by atoms with Crippen LogP contribution in [0.15, 0.2) is 24.3 Å². The molecule has 0 saturated carbocycles. The molecule has 0 aliphatic carbocycles. The molecule has 0 aliphatic rings. The zero-order valence-electron chi connectivity index (χ0n) is 15.7. The number of benzene rings is 1. The maximum Gasteiger partial charge on any atom is 1.00 e. The van der Waals surface area contributed by atoms with Crippen molar-refractivity contribution in [3.05, 3.63) is 29.8 Å². The van der Waals surface area contributed by atoms with Crippen molar-refractivity contribution in [2.24, 2.45) is 0 Å². The van der Waals surface area contributed by atoms with Gasteiger partial charge in [0.2, 0.25) is 0 Å². The predicted octanol–water partition coefficient (Wildman–Crippen LogP) is -4.96. The standard InChI is InChI=1S/C16H20O10.Na.H/c1-25-11-6-8(2-4-9(11)18)3-5-12(20)26-16(24)15(23)14(22)13(21)10(19)7-17;;/h2-6,10,13-15,17-19,21-23H,7H2,1H3;;/q;+1;-1/t10-,13-,14+,15-;;/m1../s1. The van der Waals surface area contributed by atoms with Gasteiger partial charge in [0.15, 0.2) is 17.6 Å². The molecule has 4 atom stereocenters. The fourth-order valence-corrected chi connectivity index (χ4v) is 1.82. The van der Waals surface area contributed by atoms with Gasteiger partial charge in [0.1, 0.15) is 18.3 Å². The molecule has 146 valence electrons. The minimum absolute atomic E-state index is 0. The predicted molar refractivity (Wildman–Crippen MR) is 87.0 cm³/mol. The summed E-state index contributed by atoms with van der Waals surface area (Å²) in [5, 5.41) is 55.7. The molecule has 10 nitrogen and oxygen atoms in total. The second-order valence-electron chi connectivity index (χ2n) is 5.18. The van der Waals surface area contributed by atoms with E-state index in [1.807, 2.05) is 0 Å². The first-order valence-electron chi connectivity index (χ1n) is 7.35. The second-order valence-corrected chi connectivity index (χ2v) is 5.18. The summed E-state index contributed by atoms with van der Waals surface area (Å²) in [5.41, 5.74) is 0.436. The van der Waals surface area contributed by atoms with Crippen LogP contribution in [0.2, 0.25) is 0 Å². The summed E-state index contributed by atoms with van der Waals surface area (Å²) in [6.45, 7) is -0.919. The van der Waals surface area contributed by atoms with E-state index in [9.17, 15) is 30.0 Å². The van der Waals surface area contributed by atoms with E-state index in [0.29, 0.717) is 5.56 Å². The molecule has 1 rings (SSSR count). The van der Waals surface area contributed by atoms with Crippen molar-refractivity contribution in [2.75, 3.05) is 13.7 Å². The largest absolute Gasteiger partial charge is 1.00 e. The van der Waals surface area contributed by atoms with Crippen molar-refractivity contribution in [1.82, 2.24) is 0 Å². The van der Waals surface area contributed by atoms with Crippen molar-refractivity contribution in [3.63, 3.8) is 0 Å². The molecule has 0 fully saturated rings. The Balaban J connectivity index is 0. The van der Waals surface area contributed by atoms with Crippen LogP contribution in [0.3, 0.4) is 0 Å². The molecule has 0 unspecified atom stereocenters. The molecule has 0 radical (unpaired) electrons. The van der Waals surface area contributed by atoms with Crippen molar-refractivity contribution >= 4 is 18.0 Å². The van der Waals surface area contributed by atoms with Crippen LogP contribution in [0, 0.1) is 0 Å². The minimum atomic E-state index is -2.32. The Labute approximate surface area is 178 Å². The molecule has 11 heteroatoms. The first-order chi connectivity index (χ1) is 12.2. The van der Waals surface area contributed by atoms with Gasteiger partial charge >= 0.3 is 41.5 Å². The molecule has 0 amide bonds. The summed E-state index contributed by atoms with van der Waals surface area (Å²) in [5.74, 6) is -2.68. The minimum Gasteiger partial charge on any atom is -1.00 e. The Morgan fingerprint density at radius 3 is 2.37 bits per heavy atom. The number of hydrogen-bond acceptors (Lipinski definition) is 10. The number of carbonyl (C=O) groups excluding carboxylic acids is 2. The molecule has 0 heterocycles. The number of phenolic OH excluding ortho intramolecular Hbond substituents is 1. The number of hydrogen-bond donors (Lipinski definition) is 6. The van der Waals surface area contributed by atoms with Gasteiger partial charge in [-0.3, -0.25) is 0 Å². The van der Waals surface area contributed by atoms with Gasteiger partial charge in [-0.15, -0.1) is 0 Å². The van der Waals surface area contributed by atoms with Gasteiger partial charge in [-0.05, 0) is 23.8 Å². The third-order valence-corrected chi connectivity index (χ3v) is 3.31. The molecular formula is C16H21NaO10. The van der Waals surface area contributed by atoms with Crippen LogP contribution in [0.25, 0.3) is 6.08 Å². The maximum atomic E-state index is 11.6. The molecular weight excluding hydrogens is 375 g/mol. The number of aliphatic hydroxyl groups excluding tert-OH is 5. The summed E-state index contributed by atoms with van der Waals surface area (Å²) >= 11 is 0. The van der Waals surface area contributed by atoms with Crippen LogP contribution < -0.4 is 34.3 Å². The summed E-state index contributed by atoms with van der Waals surface area (Å²) in [7, 11) is 1.34. The summed E-state index contributed by atoms with van der Waals surface area (Å²) in [6.07, 6.45) is -6.24. The van der Waals surface area contributed by atoms with E-state index < -0.39 is 43.0 Å². The Bertz CT molecular complexity index is 669. The fourth-order valence-electron chi connectivity index (χ4n) is 1.82. The zero-order valence-corrected chi connectivity index (χ0v) is 16.7. The van der Waals surface area contributed by atoms with E-state index in [2.05, 4.69) is 4.74 Å². The van der Waals surface area contributed by atoms with Crippen molar-refractivity contribution in [3.8, 4) is 11.5 Å². The SMILES string of the molecule is COc1cc(C=CC(=O)OC(=O)[C@H](O)[C@@H](O)[C@H](O)[C@H](O)CO)ccc1O.[H-].[Na+]. The molecule has 0 bridgehead atoms. The first kappa shape index (κ1) is 25.5. The third-order valence-electron chi connectivity index (χ3n) is 3.31. The summed E-state index contributed by atoms with van der Waals surface area (Å²) in [4.78, 5) is 23.2. The second kappa shape index (κ2) is 12.1. The normalized spacial score (nSPS) is 15.3. The first-order valence-corrected chi connectivity index (χ1v) is 7.35. The van der Waals surface area contributed by atoms with Crippen LogP contribution >= 0.6 is 0 Å². The number of aromatic hydroxyl groups is 1. The quantitative estimate of drug-likeness (QED) is 0.108. The van der Waals surface area contributed by atoms with Gasteiger partial charge in [0.05, 0.1) is 13.7 Å². The van der Waals surface area contributed by atoms with Crippen molar-refractivity contribution in [2.45, 2.75) is 24.4 Å². The number of phenols is 1. The Kier molecular flexibility index (Phi) is 11.4. The van der Waals surface area contributed by atoms with Crippen LogP contribution in [0.5, 0.6) is 11.5 Å². The smallest absolute Gasteiger partial charge is 1.00 e. The van der Waals surface area contributed by atoms with Gasteiger partial charge in [-0.2, -0.15) is 0 Å².